The molecule has 0 atom stereocenters. The van der Waals surface area contributed by atoms with Gasteiger partial charge >= 0.3 is 0 Å². The molecule has 74 valence electrons. The van der Waals surface area contributed by atoms with E-state index in [2.05, 4.69) is 10.5 Å². The van der Waals surface area contributed by atoms with E-state index in [0.717, 1.165) is 12.8 Å². The summed E-state index contributed by atoms with van der Waals surface area (Å²) in [5.41, 5.74) is 4.13. The number of rotatable bonds is 1. The normalized spacial score (nSPS) is 16.6. The summed E-state index contributed by atoms with van der Waals surface area (Å²) in [6.07, 6.45) is 2.18. The molecule has 3 nitrogen and oxygen atoms in total. The van der Waals surface area contributed by atoms with E-state index in [9.17, 15) is 0 Å². The molecule has 1 N–H and O–H groups in total. The summed E-state index contributed by atoms with van der Waals surface area (Å²) in [5, 5.41) is 4.95. The maximum atomic E-state index is 5.05. The molecule has 0 aromatic heterocycles. The lowest BCUT2D eigenvalue weighted by molar-refractivity contribution is 0.605. The number of hydrogen-bond acceptors (Lipinski definition) is 3. The van der Waals surface area contributed by atoms with Crippen molar-refractivity contribution in [2.24, 2.45) is 5.10 Å². The van der Waals surface area contributed by atoms with Crippen molar-refractivity contribution in [2.45, 2.75) is 12.8 Å². The highest BCUT2D eigenvalue weighted by Crippen LogP contribution is 2.13. The lowest BCUT2D eigenvalue weighted by atomic mass is 10.2. The zero-order valence-electron chi connectivity index (χ0n) is 8.04. The molecule has 1 aliphatic heterocycles. The first-order chi connectivity index (χ1) is 6.20. The van der Waals surface area contributed by atoms with Gasteiger partial charge in [0.25, 0.3) is 0 Å². The summed E-state index contributed by atoms with van der Waals surface area (Å²) in [6, 6.07) is 0. The van der Waals surface area contributed by atoms with Crippen LogP contribution in [0.4, 0.5) is 0 Å². The third kappa shape index (κ3) is 3.95. The van der Waals surface area contributed by atoms with Crippen molar-refractivity contribution >= 4 is 34.8 Å². The minimum absolute atomic E-state index is 0.672. The van der Waals surface area contributed by atoms with Gasteiger partial charge in [-0.3, -0.25) is 5.43 Å². The van der Waals surface area contributed by atoms with Crippen LogP contribution in [0.2, 0.25) is 0 Å². The number of thioether (sulfide) groups is 1. The summed E-state index contributed by atoms with van der Waals surface area (Å²) in [4.78, 5) is 1.84. The Morgan fingerprint density at radius 1 is 1.46 bits per heavy atom. The molecule has 0 spiro atoms. The van der Waals surface area contributed by atoms with E-state index in [1.54, 1.807) is 0 Å². The summed E-state index contributed by atoms with van der Waals surface area (Å²) < 4.78 is 0. The molecule has 1 heterocycles. The average Bonchev–Trinajstić information content (AvgIpc) is 2.15. The molecule has 13 heavy (non-hydrogen) atoms. The van der Waals surface area contributed by atoms with Crippen LogP contribution in [0.15, 0.2) is 5.10 Å². The van der Waals surface area contributed by atoms with Crippen LogP contribution in [0.3, 0.4) is 0 Å². The maximum absolute atomic E-state index is 5.05. The van der Waals surface area contributed by atoms with E-state index < -0.39 is 0 Å². The highest BCUT2D eigenvalue weighted by atomic mass is 32.2. The van der Waals surface area contributed by atoms with Crippen LogP contribution in [-0.2, 0) is 0 Å². The Hall–Kier alpha value is -0.290. The highest BCUT2D eigenvalue weighted by Gasteiger charge is 2.06. The average molecular weight is 217 g/mol. The van der Waals surface area contributed by atoms with Crippen molar-refractivity contribution in [1.29, 1.82) is 0 Å². The third-order valence-electron chi connectivity index (χ3n) is 1.79. The van der Waals surface area contributed by atoms with Gasteiger partial charge in [0.05, 0.1) is 0 Å². The van der Waals surface area contributed by atoms with Crippen molar-refractivity contribution in [3.63, 3.8) is 0 Å². The van der Waals surface area contributed by atoms with Gasteiger partial charge in [-0.05, 0) is 36.6 Å². The van der Waals surface area contributed by atoms with Crippen LogP contribution in [0.1, 0.15) is 12.8 Å². The number of thiocarbonyl (C=S) groups is 1. The minimum atomic E-state index is 0.672. The fourth-order valence-electron chi connectivity index (χ4n) is 0.946. The van der Waals surface area contributed by atoms with Gasteiger partial charge in [-0.2, -0.15) is 16.9 Å². The van der Waals surface area contributed by atoms with Crippen molar-refractivity contribution in [3.8, 4) is 0 Å². The number of hydrazone groups is 1. The first kappa shape index (κ1) is 10.8. The Morgan fingerprint density at radius 2 is 2.08 bits per heavy atom. The van der Waals surface area contributed by atoms with E-state index >= 15 is 0 Å². The van der Waals surface area contributed by atoms with Crippen LogP contribution in [0.5, 0.6) is 0 Å². The Bertz CT molecular complexity index is 205. The molecule has 0 aliphatic carbocycles. The fourth-order valence-corrected chi connectivity index (χ4v) is 1.96. The topological polar surface area (TPSA) is 27.6 Å². The van der Waals surface area contributed by atoms with E-state index in [4.69, 9.17) is 12.2 Å². The Balaban J connectivity index is 2.33. The molecule has 1 saturated heterocycles. The standard InChI is InChI=1S/C8H15N3S2/c1-11(2)8(12)10-9-7-3-5-13-6-4-7/h3-6H2,1-2H3,(H,10,12). The van der Waals surface area contributed by atoms with Gasteiger partial charge in [0.2, 0.25) is 0 Å². The molecule has 1 aliphatic rings. The zero-order chi connectivity index (χ0) is 9.68. The van der Waals surface area contributed by atoms with Crippen LogP contribution in [0.25, 0.3) is 0 Å². The zero-order valence-corrected chi connectivity index (χ0v) is 9.67. The van der Waals surface area contributed by atoms with Crippen LogP contribution in [-0.4, -0.2) is 41.3 Å². The van der Waals surface area contributed by atoms with Crippen LogP contribution >= 0.6 is 24.0 Å². The second-order valence-electron chi connectivity index (χ2n) is 3.10. The first-order valence-corrected chi connectivity index (χ1v) is 5.87. The molecule has 5 heteroatoms. The van der Waals surface area contributed by atoms with Crippen molar-refractivity contribution < 1.29 is 0 Å². The molecule has 0 aromatic rings. The smallest absolute Gasteiger partial charge is 0.189 e. The Kier molecular flexibility index (Phi) is 4.52. The van der Waals surface area contributed by atoms with Gasteiger partial charge in [0.1, 0.15) is 0 Å². The Labute approximate surface area is 88.9 Å². The second-order valence-corrected chi connectivity index (χ2v) is 4.71. The van der Waals surface area contributed by atoms with Gasteiger partial charge in [-0.1, -0.05) is 0 Å². The SMILES string of the molecule is CN(C)C(=S)NN=C1CCSCC1. The molecule has 0 bridgehead atoms. The first-order valence-electron chi connectivity index (χ1n) is 4.30. The van der Waals surface area contributed by atoms with Gasteiger partial charge in [-0.15, -0.1) is 0 Å². The minimum Gasteiger partial charge on any atom is -0.354 e. The van der Waals surface area contributed by atoms with E-state index in [1.807, 2.05) is 30.8 Å². The maximum Gasteiger partial charge on any atom is 0.189 e. The Morgan fingerprint density at radius 3 is 2.62 bits per heavy atom. The number of hydrogen-bond donors (Lipinski definition) is 1. The quantitative estimate of drug-likeness (QED) is 0.529. The van der Waals surface area contributed by atoms with E-state index in [0.29, 0.717) is 5.11 Å². The second kappa shape index (κ2) is 5.44. The molecular weight excluding hydrogens is 202 g/mol. The molecular formula is C8H15N3S2. The number of nitrogens with zero attached hydrogens (tertiary/aromatic N) is 2. The largest absolute Gasteiger partial charge is 0.354 e. The van der Waals surface area contributed by atoms with Gasteiger partial charge in [0, 0.05) is 19.8 Å². The van der Waals surface area contributed by atoms with Gasteiger partial charge in [-0.25, -0.2) is 0 Å². The highest BCUT2D eigenvalue weighted by molar-refractivity contribution is 7.99. The molecule has 0 radical (unpaired) electrons. The summed E-state index contributed by atoms with van der Waals surface area (Å²) in [6.45, 7) is 0. The molecule has 0 unspecified atom stereocenters. The molecule has 1 rings (SSSR count). The van der Waals surface area contributed by atoms with Gasteiger partial charge < -0.3 is 4.90 Å². The van der Waals surface area contributed by atoms with Crippen molar-refractivity contribution in [3.05, 3.63) is 0 Å². The summed E-state index contributed by atoms with van der Waals surface area (Å²) in [7, 11) is 3.82. The molecule has 0 saturated carbocycles. The van der Waals surface area contributed by atoms with E-state index in [-0.39, 0.29) is 0 Å². The monoisotopic (exact) mass is 217 g/mol. The molecule has 1 fully saturated rings. The summed E-state index contributed by atoms with van der Waals surface area (Å²) >= 11 is 7.04. The van der Waals surface area contributed by atoms with Gasteiger partial charge in [0.15, 0.2) is 5.11 Å². The summed E-state index contributed by atoms with van der Waals surface area (Å²) in [5.74, 6) is 2.38. The van der Waals surface area contributed by atoms with E-state index in [1.165, 1.54) is 17.2 Å². The van der Waals surface area contributed by atoms with Crippen molar-refractivity contribution in [2.75, 3.05) is 25.6 Å². The third-order valence-corrected chi connectivity index (χ3v) is 3.23. The predicted octanol–water partition coefficient (Wildman–Crippen LogP) is 1.31. The fraction of sp³-hybridized carbons (Fsp3) is 0.750. The molecule has 0 amide bonds. The lowest BCUT2D eigenvalue weighted by Crippen LogP contribution is -2.31. The van der Waals surface area contributed by atoms with Crippen molar-refractivity contribution in [1.82, 2.24) is 10.3 Å². The lowest BCUT2D eigenvalue weighted by Gasteiger charge is -2.15. The predicted molar refractivity (Wildman–Crippen MR) is 63.4 cm³/mol. The number of nitrogens with one attached hydrogen (secondary N) is 1. The molecule has 0 aromatic carbocycles. The van der Waals surface area contributed by atoms with Crippen LogP contribution < -0.4 is 5.43 Å². The van der Waals surface area contributed by atoms with Crippen LogP contribution in [0, 0.1) is 0 Å².